The number of β-amino-alcohol motifs (C(OH)–C–C–N with tert-alkyl or cyclic N) is 1. The van der Waals surface area contributed by atoms with Crippen LogP contribution < -0.4 is 20.1 Å². The standard InChI is InChI=1S/C27H32ClN5O5/c1-36-25-10-18(9-24(32-25)31-19-3-2-4-19)27(35)30-11-20(34)14-33-8-7-22-17(13-33)5-6-23(26(22)28)37-15-21-12-29-16-38-21/h5-6,9-10,12,16,19-20,34H,2-4,7-8,11,13-15H2,1H3,(H,30,35)(H,31,32). The number of ether oxygens (including phenoxy) is 2. The van der Waals surface area contributed by atoms with Crippen molar-refractivity contribution in [1.29, 1.82) is 0 Å². The lowest BCUT2D eigenvalue weighted by atomic mass is 9.93. The molecule has 38 heavy (non-hydrogen) atoms. The van der Waals surface area contributed by atoms with Crippen LogP contribution in [0.4, 0.5) is 5.82 Å². The van der Waals surface area contributed by atoms with Gasteiger partial charge in [-0.1, -0.05) is 17.7 Å². The molecular formula is C27H32ClN5O5. The van der Waals surface area contributed by atoms with Crippen LogP contribution in [-0.4, -0.2) is 64.8 Å². The third kappa shape index (κ3) is 6.38. The monoisotopic (exact) mass is 541 g/mol. The van der Waals surface area contributed by atoms with E-state index in [1.807, 2.05) is 12.1 Å². The first-order valence-electron chi connectivity index (χ1n) is 12.8. The Morgan fingerprint density at radius 3 is 2.95 bits per heavy atom. The summed E-state index contributed by atoms with van der Waals surface area (Å²) in [5.74, 6) is 1.95. The molecule has 202 valence electrons. The zero-order valence-corrected chi connectivity index (χ0v) is 22.0. The Morgan fingerprint density at radius 2 is 2.21 bits per heavy atom. The summed E-state index contributed by atoms with van der Waals surface area (Å²) in [5.41, 5.74) is 2.59. The van der Waals surface area contributed by atoms with E-state index < -0.39 is 6.10 Å². The molecule has 0 bridgehead atoms. The van der Waals surface area contributed by atoms with Gasteiger partial charge < -0.3 is 29.6 Å². The van der Waals surface area contributed by atoms with E-state index in [-0.39, 0.29) is 19.1 Å². The molecule has 1 aliphatic carbocycles. The van der Waals surface area contributed by atoms with Gasteiger partial charge in [0.25, 0.3) is 5.91 Å². The van der Waals surface area contributed by atoms with Crippen molar-refractivity contribution in [3.8, 4) is 11.6 Å². The zero-order valence-electron chi connectivity index (χ0n) is 21.3. The zero-order chi connectivity index (χ0) is 26.5. The molecule has 1 atom stereocenters. The molecule has 3 aromatic rings. The number of hydrogen-bond acceptors (Lipinski definition) is 9. The maximum absolute atomic E-state index is 12.8. The van der Waals surface area contributed by atoms with Crippen molar-refractivity contribution in [3.05, 3.63) is 64.3 Å². The Morgan fingerprint density at radius 1 is 1.34 bits per heavy atom. The summed E-state index contributed by atoms with van der Waals surface area (Å²) in [7, 11) is 1.53. The van der Waals surface area contributed by atoms with Crippen LogP contribution >= 0.6 is 11.6 Å². The predicted molar refractivity (Wildman–Crippen MR) is 142 cm³/mol. The Bertz CT molecular complexity index is 1250. The van der Waals surface area contributed by atoms with Crippen molar-refractivity contribution in [1.82, 2.24) is 20.2 Å². The highest BCUT2D eigenvalue weighted by atomic mass is 35.5. The van der Waals surface area contributed by atoms with Gasteiger partial charge in [-0.05, 0) is 48.9 Å². The molecular weight excluding hydrogens is 510 g/mol. The van der Waals surface area contributed by atoms with Crippen LogP contribution in [0.15, 0.2) is 41.3 Å². The number of benzene rings is 1. The molecule has 2 aromatic heterocycles. The van der Waals surface area contributed by atoms with E-state index in [1.54, 1.807) is 18.3 Å². The minimum atomic E-state index is -0.725. The van der Waals surface area contributed by atoms with Crippen LogP contribution in [0.2, 0.25) is 5.02 Å². The number of oxazole rings is 1. The molecule has 2 aliphatic rings. The summed E-state index contributed by atoms with van der Waals surface area (Å²) in [6, 6.07) is 7.56. The van der Waals surface area contributed by atoms with Crippen molar-refractivity contribution in [3.63, 3.8) is 0 Å². The Balaban J connectivity index is 1.12. The number of aliphatic hydroxyl groups is 1. The molecule has 1 unspecified atom stereocenters. The number of anilines is 1. The number of nitrogens with zero attached hydrogens (tertiary/aromatic N) is 3. The molecule has 3 N–H and O–H groups in total. The van der Waals surface area contributed by atoms with Gasteiger partial charge in [0.1, 0.15) is 18.2 Å². The number of aliphatic hydroxyl groups excluding tert-OH is 1. The summed E-state index contributed by atoms with van der Waals surface area (Å²) >= 11 is 6.63. The number of methoxy groups -OCH3 is 1. The molecule has 0 saturated heterocycles. The lowest BCUT2D eigenvalue weighted by Crippen LogP contribution is -2.42. The molecule has 5 rings (SSSR count). The first-order chi connectivity index (χ1) is 18.5. The fourth-order valence-electron chi connectivity index (χ4n) is 4.63. The first kappa shape index (κ1) is 26.3. The summed E-state index contributed by atoms with van der Waals surface area (Å²) in [6.07, 6.45) is 6.37. The number of carbonyl (C=O) groups excluding carboxylic acids is 1. The van der Waals surface area contributed by atoms with Crippen molar-refractivity contribution in [2.45, 2.75) is 51.0 Å². The number of aromatic nitrogens is 2. The molecule has 1 fully saturated rings. The van der Waals surface area contributed by atoms with Gasteiger partial charge in [0.05, 0.1) is 24.4 Å². The molecule has 0 radical (unpaired) electrons. The summed E-state index contributed by atoms with van der Waals surface area (Å²) < 4.78 is 16.3. The average Bonchev–Trinajstić information content (AvgIpc) is 3.42. The second-order valence-corrected chi connectivity index (χ2v) is 10.1. The minimum absolute atomic E-state index is 0.132. The van der Waals surface area contributed by atoms with Gasteiger partial charge in [-0.2, -0.15) is 4.98 Å². The largest absolute Gasteiger partial charge is 0.484 e. The van der Waals surface area contributed by atoms with Gasteiger partial charge in [0.2, 0.25) is 5.88 Å². The van der Waals surface area contributed by atoms with E-state index in [0.29, 0.717) is 52.9 Å². The number of amides is 1. The highest BCUT2D eigenvalue weighted by molar-refractivity contribution is 6.33. The first-order valence-corrected chi connectivity index (χ1v) is 13.2. The fourth-order valence-corrected chi connectivity index (χ4v) is 4.96. The van der Waals surface area contributed by atoms with Gasteiger partial charge in [0.15, 0.2) is 12.2 Å². The normalized spacial score (nSPS) is 16.3. The SMILES string of the molecule is COc1cc(C(=O)NCC(O)CN2CCc3c(ccc(OCc4cnco4)c3Cl)C2)cc(NC2CCC2)n1. The van der Waals surface area contributed by atoms with Crippen molar-refractivity contribution in [2.75, 3.05) is 32.1 Å². The smallest absolute Gasteiger partial charge is 0.251 e. The Hall–Kier alpha value is -3.34. The van der Waals surface area contributed by atoms with E-state index >= 15 is 0 Å². The number of hydrogen-bond donors (Lipinski definition) is 3. The van der Waals surface area contributed by atoms with E-state index in [9.17, 15) is 9.90 Å². The lowest BCUT2D eigenvalue weighted by molar-refractivity contribution is 0.0841. The third-order valence-electron chi connectivity index (χ3n) is 6.93. The van der Waals surface area contributed by atoms with Crippen molar-refractivity contribution in [2.24, 2.45) is 0 Å². The number of halogens is 1. The maximum Gasteiger partial charge on any atom is 0.251 e. The fraction of sp³-hybridized carbons (Fsp3) is 0.444. The van der Waals surface area contributed by atoms with Crippen LogP contribution in [0.3, 0.4) is 0 Å². The minimum Gasteiger partial charge on any atom is -0.484 e. The van der Waals surface area contributed by atoms with Gasteiger partial charge in [-0.3, -0.25) is 9.69 Å². The van der Waals surface area contributed by atoms with Crippen molar-refractivity contribution >= 4 is 23.3 Å². The molecule has 0 spiro atoms. The van der Waals surface area contributed by atoms with Crippen LogP contribution in [0.25, 0.3) is 0 Å². The molecule has 1 aliphatic heterocycles. The van der Waals surface area contributed by atoms with Crippen LogP contribution in [0.1, 0.15) is 46.5 Å². The molecule has 10 nitrogen and oxygen atoms in total. The van der Waals surface area contributed by atoms with E-state index in [1.165, 1.54) is 19.9 Å². The Kier molecular flexibility index (Phi) is 8.31. The number of pyridine rings is 1. The van der Waals surface area contributed by atoms with Gasteiger partial charge >= 0.3 is 0 Å². The molecule has 1 aromatic carbocycles. The molecule has 11 heteroatoms. The topological polar surface area (TPSA) is 122 Å². The molecule has 3 heterocycles. The van der Waals surface area contributed by atoms with Crippen LogP contribution in [0.5, 0.6) is 11.6 Å². The molecule has 1 saturated carbocycles. The maximum atomic E-state index is 12.8. The average molecular weight is 542 g/mol. The van der Waals surface area contributed by atoms with Gasteiger partial charge in [0, 0.05) is 43.9 Å². The van der Waals surface area contributed by atoms with Gasteiger partial charge in [-0.25, -0.2) is 4.98 Å². The van der Waals surface area contributed by atoms with E-state index in [0.717, 1.165) is 36.9 Å². The number of nitrogens with one attached hydrogen (secondary N) is 2. The van der Waals surface area contributed by atoms with Crippen LogP contribution in [0, 0.1) is 0 Å². The predicted octanol–water partition coefficient (Wildman–Crippen LogP) is 3.42. The quantitative estimate of drug-likeness (QED) is 0.335. The van der Waals surface area contributed by atoms with E-state index in [4.69, 9.17) is 25.5 Å². The number of carbonyl (C=O) groups is 1. The van der Waals surface area contributed by atoms with Crippen LogP contribution in [-0.2, 0) is 19.6 Å². The summed E-state index contributed by atoms with van der Waals surface area (Å²) in [5, 5.41) is 17.4. The Labute approximate surface area is 226 Å². The third-order valence-corrected chi connectivity index (χ3v) is 7.34. The lowest BCUT2D eigenvalue weighted by Gasteiger charge is -2.31. The van der Waals surface area contributed by atoms with Crippen molar-refractivity contribution < 1.29 is 23.8 Å². The second-order valence-electron chi connectivity index (χ2n) is 9.68. The van der Waals surface area contributed by atoms with E-state index in [2.05, 4.69) is 25.5 Å². The summed E-state index contributed by atoms with van der Waals surface area (Å²) in [6.45, 7) is 2.21. The molecule has 1 amide bonds. The van der Waals surface area contributed by atoms with Gasteiger partial charge in [-0.15, -0.1) is 0 Å². The summed E-state index contributed by atoms with van der Waals surface area (Å²) in [4.78, 5) is 23.2. The number of rotatable bonds is 11. The highest BCUT2D eigenvalue weighted by Crippen LogP contribution is 2.34. The number of fused-ring (bicyclic) bond motifs is 1. The second kappa shape index (κ2) is 12.0. The highest BCUT2D eigenvalue weighted by Gasteiger charge is 2.23.